The van der Waals surface area contributed by atoms with Crippen molar-refractivity contribution >= 4 is 11.8 Å². The fourth-order valence-electron chi connectivity index (χ4n) is 2.74. The minimum Gasteiger partial charge on any atom is -0.449 e. The number of esters is 1. The summed E-state index contributed by atoms with van der Waals surface area (Å²) in [7, 11) is 0. The van der Waals surface area contributed by atoms with Crippen molar-refractivity contribution in [3.63, 3.8) is 0 Å². The van der Waals surface area contributed by atoms with Gasteiger partial charge in [0.15, 0.2) is 6.10 Å². The van der Waals surface area contributed by atoms with Crippen molar-refractivity contribution in [3.8, 4) is 0 Å². The molecule has 0 aliphatic rings. The zero-order valence-corrected chi connectivity index (χ0v) is 14.4. The first-order chi connectivity index (χ1) is 12.7. The standard InChI is InChI=1S/C23H20O3/c24-21(17-16-18-10-4-1-5-11-18)26-23(20-14-8-3-9-15-20)22(25)19-12-6-2-7-13-19/h1-15,23H,16-17H2. The summed E-state index contributed by atoms with van der Waals surface area (Å²) in [6, 6.07) is 27.8. The molecule has 1 unspecified atom stereocenters. The van der Waals surface area contributed by atoms with Gasteiger partial charge in [-0.05, 0) is 12.0 Å². The molecule has 0 N–H and O–H groups in total. The highest BCUT2D eigenvalue weighted by atomic mass is 16.5. The third-order valence-electron chi connectivity index (χ3n) is 4.11. The zero-order chi connectivity index (χ0) is 18.2. The second kappa shape index (κ2) is 8.77. The van der Waals surface area contributed by atoms with Gasteiger partial charge < -0.3 is 4.74 Å². The summed E-state index contributed by atoms with van der Waals surface area (Å²) >= 11 is 0. The van der Waals surface area contributed by atoms with Crippen LogP contribution in [0.1, 0.15) is 34.0 Å². The van der Waals surface area contributed by atoms with Gasteiger partial charge in [-0.15, -0.1) is 0 Å². The van der Waals surface area contributed by atoms with E-state index in [1.165, 1.54) is 0 Å². The molecule has 0 aliphatic carbocycles. The van der Waals surface area contributed by atoms with E-state index in [0.717, 1.165) is 5.56 Å². The molecule has 0 aliphatic heterocycles. The van der Waals surface area contributed by atoms with Crippen LogP contribution in [0.25, 0.3) is 0 Å². The van der Waals surface area contributed by atoms with E-state index in [1.54, 1.807) is 36.4 Å². The fraction of sp³-hybridized carbons (Fsp3) is 0.130. The summed E-state index contributed by atoms with van der Waals surface area (Å²) in [5.74, 6) is -0.600. The van der Waals surface area contributed by atoms with Gasteiger partial charge in [-0.25, -0.2) is 0 Å². The van der Waals surface area contributed by atoms with Crippen LogP contribution in [-0.2, 0) is 16.0 Å². The summed E-state index contributed by atoms with van der Waals surface area (Å²) in [4.78, 5) is 25.2. The molecule has 0 saturated carbocycles. The Kier molecular flexibility index (Phi) is 5.94. The van der Waals surface area contributed by atoms with E-state index in [9.17, 15) is 9.59 Å². The number of hydrogen-bond acceptors (Lipinski definition) is 3. The molecule has 26 heavy (non-hydrogen) atoms. The molecule has 0 amide bonds. The van der Waals surface area contributed by atoms with Crippen LogP contribution in [0.3, 0.4) is 0 Å². The van der Waals surface area contributed by atoms with Gasteiger partial charge in [0.2, 0.25) is 5.78 Å². The highest BCUT2D eigenvalue weighted by Crippen LogP contribution is 2.23. The van der Waals surface area contributed by atoms with Gasteiger partial charge in [-0.2, -0.15) is 0 Å². The van der Waals surface area contributed by atoms with Crippen LogP contribution in [-0.4, -0.2) is 11.8 Å². The molecule has 0 bridgehead atoms. The topological polar surface area (TPSA) is 43.4 Å². The lowest BCUT2D eigenvalue weighted by Gasteiger charge is -2.17. The van der Waals surface area contributed by atoms with E-state index in [1.807, 2.05) is 54.6 Å². The molecule has 0 saturated heterocycles. The van der Waals surface area contributed by atoms with Crippen LogP contribution >= 0.6 is 0 Å². The lowest BCUT2D eigenvalue weighted by molar-refractivity contribution is -0.147. The maximum atomic E-state index is 12.9. The molecule has 3 heteroatoms. The van der Waals surface area contributed by atoms with E-state index >= 15 is 0 Å². The number of aryl methyl sites for hydroxylation is 1. The fourth-order valence-corrected chi connectivity index (χ4v) is 2.74. The molecular weight excluding hydrogens is 324 g/mol. The smallest absolute Gasteiger partial charge is 0.307 e. The molecule has 0 radical (unpaired) electrons. The largest absolute Gasteiger partial charge is 0.449 e. The van der Waals surface area contributed by atoms with Crippen molar-refractivity contribution in [3.05, 3.63) is 108 Å². The Morgan fingerprint density at radius 2 is 1.27 bits per heavy atom. The number of hydrogen-bond donors (Lipinski definition) is 0. The van der Waals surface area contributed by atoms with Gasteiger partial charge in [0.05, 0.1) is 0 Å². The minimum absolute atomic E-state index is 0.218. The number of rotatable bonds is 7. The Labute approximate surface area is 153 Å². The molecular formula is C23H20O3. The molecule has 1 atom stereocenters. The van der Waals surface area contributed by atoms with E-state index < -0.39 is 6.10 Å². The van der Waals surface area contributed by atoms with E-state index in [2.05, 4.69) is 0 Å². The SMILES string of the molecule is O=C(CCc1ccccc1)OC(C(=O)c1ccccc1)c1ccccc1. The van der Waals surface area contributed by atoms with E-state index in [-0.39, 0.29) is 18.2 Å². The number of Topliss-reactive ketones (excluding diaryl/α,β-unsaturated/α-hetero) is 1. The number of carbonyl (C=O) groups excluding carboxylic acids is 2. The summed E-state index contributed by atoms with van der Waals surface area (Å²) in [6.07, 6.45) is -0.113. The van der Waals surface area contributed by atoms with Gasteiger partial charge in [-0.1, -0.05) is 91.0 Å². The third kappa shape index (κ3) is 4.67. The second-order valence-corrected chi connectivity index (χ2v) is 6.00. The van der Waals surface area contributed by atoms with Gasteiger partial charge in [0.25, 0.3) is 0 Å². The monoisotopic (exact) mass is 344 g/mol. The van der Waals surface area contributed by atoms with Crippen LogP contribution in [0, 0.1) is 0 Å². The normalized spacial score (nSPS) is 11.5. The summed E-state index contributed by atoms with van der Waals surface area (Å²) in [5, 5.41) is 0. The van der Waals surface area contributed by atoms with E-state index in [4.69, 9.17) is 4.74 Å². The lowest BCUT2D eigenvalue weighted by Crippen LogP contribution is -2.20. The second-order valence-electron chi connectivity index (χ2n) is 6.00. The van der Waals surface area contributed by atoms with Crippen molar-refractivity contribution in [1.29, 1.82) is 0 Å². The lowest BCUT2D eigenvalue weighted by atomic mass is 10.00. The van der Waals surface area contributed by atoms with Crippen molar-refractivity contribution in [2.24, 2.45) is 0 Å². The molecule has 3 nitrogen and oxygen atoms in total. The number of carbonyl (C=O) groups is 2. The highest BCUT2D eigenvalue weighted by molar-refractivity contribution is 6.00. The number of benzene rings is 3. The first kappa shape index (κ1) is 17.6. The van der Waals surface area contributed by atoms with Crippen LogP contribution < -0.4 is 0 Å². The molecule has 3 aromatic carbocycles. The Hall–Kier alpha value is -3.20. The van der Waals surface area contributed by atoms with Gasteiger partial charge in [0.1, 0.15) is 0 Å². The Balaban J connectivity index is 1.73. The Morgan fingerprint density at radius 3 is 1.88 bits per heavy atom. The molecule has 0 spiro atoms. The van der Waals surface area contributed by atoms with Crippen molar-refractivity contribution in [1.82, 2.24) is 0 Å². The first-order valence-corrected chi connectivity index (χ1v) is 8.61. The summed E-state index contributed by atoms with van der Waals surface area (Å²) < 4.78 is 5.59. The van der Waals surface area contributed by atoms with E-state index in [0.29, 0.717) is 17.5 Å². The van der Waals surface area contributed by atoms with Gasteiger partial charge in [0, 0.05) is 17.5 Å². The number of ketones is 1. The predicted octanol–water partition coefficient (Wildman–Crippen LogP) is 4.79. The maximum Gasteiger partial charge on any atom is 0.307 e. The third-order valence-corrected chi connectivity index (χ3v) is 4.11. The van der Waals surface area contributed by atoms with Gasteiger partial charge in [-0.3, -0.25) is 9.59 Å². The predicted molar refractivity (Wildman–Crippen MR) is 101 cm³/mol. The van der Waals surface area contributed by atoms with Crippen molar-refractivity contribution in [2.45, 2.75) is 18.9 Å². The zero-order valence-electron chi connectivity index (χ0n) is 14.4. The first-order valence-electron chi connectivity index (χ1n) is 8.61. The Morgan fingerprint density at radius 1 is 0.731 bits per heavy atom. The van der Waals surface area contributed by atoms with Gasteiger partial charge >= 0.3 is 5.97 Å². The molecule has 3 rings (SSSR count). The average Bonchev–Trinajstić information content (AvgIpc) is 2.72. The molecule has 0 aromatic heterocycles. The average molecular weight is 344 g/mol. The highest BCUT2D eigenvalue weighted by Gasteiger charge is 2.25. The van der Waals surface area contributed by atoms with Crippen molar-refractivity contribution in [2.75, 3.05) is 0 Å². The summed E-state index contributed by atoms with van der Waals surface area (Å²) in [6.45, 7) is 0. The van der Waals surface area contributed by atoms with Crippen LogP contribution in [0.2, 0.25) is 0 Å². The molecule has 130 valence electrons. The minimum atomic E-state index is -0.929. The van der Waals surface area contributed by atoms with Crippen LogP contribution in [0.4, 0.5) is 0 Å². The van der Waals surface area contributed by atoms with Crippen LogP contribution in [0.5, 0.6) is 0 Å². The number of ether oxygens (including phenoxy) is 1. The molecule has 3 aromatic rings. The quantitative estimate of drug-likeness (QED) is 0.457. The Bertz CT molecular complexity index is 842. The van der Waals surface area contributed by atoms with Crippen molar-refractivity contribution < 1.29 is 14.3 Å². The van der Waals surface area contributed by atoms with Crippen LogP contribution in [0.15, 0.2) is 91.0 Å². The molecule has 0 heterocycles. The maximum absolute atomic E-state index is 12.9. The molecule has 0 fully saturated rings. The summed E-state index contributed by atoms with van der Waals surface area (Å²) in [5.41, 5.74) is 2.27.